The summed E-state index contributed by atoms with van der Waals surface area (Å²) in [6.07, 6.45) is 0. The Bertz CT molecular complexity index is 429. The van der Waals surface area contributed by atoms with Crippen LogP contribution in [0.1, 0.15) is 11.1 Å². The molecular formula is C10H11NS. The molecule has 2 rings (SSSR count). The molecule has 2 aromatic rings. The minimum atomic E-state index is 0.901. The number of anilines is 1. The zero-order chi connectivity index (χ0) is 8.72. The second kappa shape index (κ2) is 2.49. The average molecular weight is 177 g/mol. The highest BCUT2D eigenvalue weighted by atomic mass is 32.1. The van der Waals surface area contributed by atoms with E-state index in [1.165, 1.54) is 21.2 Å². The lowest BCUT2D eigenvalue weighted by Gasteiger charge is -2.00. The number of rotatable bonds is 0. The summed E-state index contributed by atoms with van der Waals surface area (Å²) in [5.74, 6) is 0. The maximum absolute atomic E-state index is 5.81. The van der Waals surface area contributed by atoms with Gasteiger partial charge in [-0.2, -0.15) is 0 Å². The number of thiophene rings is 1. The lowest BCUT2D eigenvalue weighted by atomic mass is 10.1. The molecule has 0 unspecified atom stereocenters. The van der Waals surface area contributed by atoms with Crippen molar-refractivity contribution < 1.29 is 0 Å². The number of hydrogen-bond donors (Lipinski definition) is 1. The van der Waals surface area contributed by atoms with Crippen molar-refractivity contribution in [3.05, 3.63) is 28.6 Å². The molecule has 0 saturated heterocycles. The van der Waals surface area contributed by atoms with Crippen LogP contribution in [0.5, 0.6) is 0 Å². The quantitative estimate of drug-likeness (QED) is 0.657. The van der Waals surface area contributed by atoms with Crippen LogP contribution in [0.2, 0.25) is 0 Å². The summed E-state index contributed by atoms with van der Waals surface area (Å²) in [4.78, 5) is 0. The third-order valence-corrected chi connectivity index (χ3v) is 3.43. The summed E-state index contributed by atoms with van der Waals surface area (Å²) in [7, 11) is 0. The lowest BCUT2D eigenvalue weighted by molar-refractivity contribution is 1.39. The summed E-state index contributed by atoms with van der Waals surface area (Å²) < 4.78 is 1.33. The summed E-state index contributed by atoms with van der Waals surface area (Å²) in [5.41, 5.74) is 9.40. The third kappa shape index (κ3) is 0.916. The van der Waals surface area contributed by atoms with Gasteiger partial charge in [-0.25, -0.2) is 0 Å². The normalized spacial score (nSPS) is 10.8. The maximum atomic E-state index is 5.81. The summed E-state index contributed by atoms with van der Waals surface area (Å²) >= 11 is 1.73. The first-order valence-electron chi connectivity index (χ1n) is 3.93. The molecule has 0 saturated carbocycles. The number of nitrogen functional groups attached to an aromatic ring is 1. The first-order chi connectivity index (χ1) is 5.70. The van der Waals surface area contributed by atoms with E-state index in [0.29, 0.717) is 0 Å². The molecule has 0 atom stereocenters. The van der Waals surface area contributed by atoms with Gasteiger partial charge in [0.05, 0.1) is 5.69 Å². The van der Waals surface area contributed by atoms with Crippen molar-refractivity contribution in [3.8, 4) is 0 Å². The van der Waals surface area contributed by atoms with Gasteiger partial charge in [0, 0.05) is 15.5 Å². The van der Waals surface area contributed by atoms with Crippen molar-refractivity contribution in [2.75, 3.05) is 5.73 Å². The van der Waals surface area contributed by atoms with Crippen LogP contribution in [0.3, 0.4) is 0 Å². The molecule has 0 fully saturated rings. The van der Waals surface area contributed by atoms with E-state index >= 15 is 0 Å². The molecule has 0 spiro atoms. The predicted octanol–water partition coefficient (Wildman–Crippen LogP) is 3.10. The summed E-state index contributed by atoms with van der Waals surface area (Å²) in [6, 6.07) is 4.23. The highest BCUT2D eigenvalue weighted by molar-refractivity contribution is 7.18. The molecule has 12 heavy (non-hydrogen) atoms. The standard InChI is InChI=1S/C10H11NS/c1-6-3-4-8-9(11)5-12-10(8)7(6)2/h3-5H,11H2,1-2H3. The fourth-order valence-corrected chi connectivity index (χ4v) is 2.38. The van der Waals surface area contributed by atoms with Crippen LogP contribution >= 0.6 is 11.3 Å². The lowest BCUT2D eigenvalue weighted by Crippen LogP contribution is -1.83. The van der Waals surface area contributed by atoms with E-state index in [1.807, 2.05) is 5.38 Å². The van der Waals surface area contributed by atoms with Gasteiger partial charge in [0.1, 0.15) is 0 Å². The Morgan fingerprint density at radius 3 is 2.75 bits per heavy atom. The van der Waals surface area contributed by atoms with Gasteiger partial charge >= 0.3 is 0 Å². The van der Waals surface area contributed by atoms with E-state index in [1.54, 1.807) is 11.3 Å². The Kier molecular flexibility index (Phi) is 1.58. The zero-order valence-electron chi connectivity index (χ0n) is 7.22. The summed E-state index contributed by atoms with van der Waals surface area (Å²) in [5, 5.41) is 3.21. The van der Waals surface area contributed by atoms with Gasteiger partial charge in [-0.15, -0.1) is 11.3 Å². The topological polar surface area (TPSA) is 26.0 Å². The molecular weight excluding hydrogens is 166 g/mol. The molecule has 0 aliphatic heterocycles. The first kappa shape index (κ1) is 7.62. The number of hydrogen-bond acceptors (Lipinski definition) is 2. The number of nitrogens with two attached hydrogens (primary N) is 1. The van der Waals surface area contributed by atoms with E-state index in [2.05, 4.69) is 26.0 Å². The fraction of sp³-hybridized carbons (Fsp3) is 0.200. The van der Waals surface area contributed by atoms with Gasteiger partial charge in [-0.1, -0.05) is 12.1 Å². The number of fused-ring (bicyclic) bond motifs is 1. The second-order valence-electron chi connectivity index (χ2n) is 3.08. The molecule has 1 aromatic heterocycles. The molecule has 0 aliphatic rings. The first-order valence-corrected chi connectivity index (χ1v) is 4.81. The van der Waals surface area contributed by atoms with Crippen molar-refractivity contribution in [3.63, 3.8) is 0 Å². The molecule has 0 bridgehead atoms. The average Bonchev–Trinajstić information content (AvgIpc) is 2.41. The van der Waals surface area contributed by atoms with Crippen LogP contribution in [-0.4, -0.2) is 0 Å². The zero-order valence-corrected chi connectivity index (χ0v) is 8.03. The van der Waals surface area contributed by atoms with Crippen molar-refractivity contribution in [2.24, 2.45) is 0 Å². The van der Waals surface area contributed by atoms with Gasteiger partial charge in [0.2, 0.25) is 0 Å². The number of benzene rings is 1. The minimum Gasteiger partial charge on any atom is -0.398 e. The van der Waals surface area contributed by atoms with Gasteiger partial charge in [0.15, 0.2) is 0 Å². The molecule has 1 nitrogen and oxygen atoms in total. The molecule has 0 radical (unpaired) electrons. The number of aryl methyl sites for hydroxylation is 2. The van der Waals surface area contributed by atoms with Crippen LogP contribution in [0, 0.1) is 13.8 Å². The molecule has 0 amide bonds. The van der Waals surface area contributed by atoms with Gasteiger partial charge in [0.25, 0.3) is 0 Å². The molecule has 2 heteroatoms. The molecule has 1 aromatic carbocycles. The predicted molar refractivity (Wildman–Crippen MR) is 55.7 cm³/mol. The van der Waals surface area contributed by atoms with E-state index in [9.17, 15) is 0 Å². The van der Waals surface area contributed by atoms with Crippen LogP contribution in [0.25, 0.3) is 10.1 Å². The fourth-order valence-electron chi connectivity index (χ4n) is 1.36. The smallest absolute Gasteiger partial charge is 0.0502 e. The highest BCUT2D eigenvalue weighted by Crippen LogP contribution is 2.31. The van der Waals surface area contributed by atoms with Crippen LogP contribution < -0.4 is 5.73 Å². The minimum absolute atomic E-state index is 0.901. The maximum Gasteiger partial charge on any atom is 0.0502 e. The highest BCUT2D eigenvalue weighted by Gasteiger charge is 2.04. The van der Waals surface area contributed by atoms with Gasteiger partial charge in [-0.3, -0.25) is 0 Å². The molecule has 1 heterocycles. The van der Waals surface area contributed by atoms with E-state index in [-0.39, 0.29) is 0 Å². The van der Waals surface area contributed by atoms with Crippen LogP contribution in [-0.2, 0) is 0 Å². The van der Waals surface area contributed by atoms with E-state index < -0.39 is 0 Å². The van der Waals surface area contributed by atoms with Crippen LogP contribution in [0.15, 0.2) is 17.5 Å². The van der Waals surface area contributed by atoms with Crippen molar-refractivity contribution in [1.29, 1.82) is 0 Å². The summed E-state index contributed by atoms with van der Waals surface area (Å²) in [6.45, 7) is 4.28. The van der Waals surface area contributed by atoms with Crippen molar-refractivity contribution >= 4 is 27.1 Å². The van der Waals surface area contributed by atoms with Gasteiger partial charge in [-0.05, 0) is 25.0 Å². The molecule has 62 valence electrons. The van der Waals surface area contributed by atoms with Crippen LogP contribution in [0.4, 0.5) is 5.69 Å². The van der Waals surface area contributed by atoms with Gasteiger partial charge < -0.3 is 5.73 Å². The Labute approximate surface area is 75.8 Å². The Hall–Kier alpha value is -1.02. The Morgan fingerprint density at radius 2 is 2.00 bits per heavy atom. The largest absolute Gasteiger partial charge is 0.398 e. The van der Waals surface area contributed by atoms with Crippen molar-refractivity contribution in [2.45, 2.75) is 13.8 Å². The van der Waals surface area contributed by atoms with E-state index in [4.69, 9.17) is 5.73 Å². The SMILES string of the molecule is Cc1ccc2c(N)csc2c1C. The molecule has 0 aliphatic carbocycles. The molecule has 2 N–H and O–H groups in total. The van der Waals surface area contributed by atoms with E-state index in [0.717, 1.165) is 5.69 Å². The van der Waals surface area contributed by atoms with Crippen molar-refractivity contribution in [1.82, 2.24) is 0 Å². The Morgan fingerprint density at radius 1 is 1.25 bits per heavy atom. The monoisotopic (exact) mass is 177 g/mol. The third-order valence-electron chi connectivity index (χ3n) is 2.29. The second-order valence-corrected chi connectivity index (χ2v) is 3.95. The Balaban J connectivity index is 2.93.